The monoisotopic (exact) mass is 277 g/mol. The van der Waals surface area contributed by atoms with Gasteiger partial charge in [-0.1, -0.05) is 12.1 Å². The van der Waals surface area contributed by atoms with Crippen molar-refractivity contribution >= 4 is 17.3 Å². The highest BCUT2D eigenvalue weighted by atomic mass is 16.5. The molecule has 1 heterocycles. The Balaban J connectivity index is 1.90. The quantitative estimate of drug-likeness (QED) is 0.773. The molecule has 0 saturated carbocycles. The van der Waals surface area contributed by atoms with Crippen LogP contribution in [0.2, 0.25) is 0 Å². The number of rotatable bonds is 6. The van der Waals surface area contributed by atoms with Gasteiger partial charge < -0.3 is 20.3 Å². The van der Waals surface area contributed by atoms with E-state index in [1.807, 2.05) is 12.1 Å². The van der Waals surface area contributed by atoms with Gasteiger partial charge in [-0.3, -0.25) is 4.79 Å². The molecule has 0 saturated heterocycles. The maximum Gasteiger partial charge on any atom is 0.239 e. The summed E-state index contributed by atoms with van der Waals surface area (Å²) in [6, 6.07) is 8.14. The van der Waals surface area contributed by atoms with E-state index < -0.39 is 0 Å². The molecule has 0 spiro atoms. The first-order chi connectivity index (χ1) is 9.81. The van der Waals surface area contributed by atoms with Crippen LogP contribution in [0, 0.1) is 0 Å². The minimum atomic E-state index is 0.0674. The fourth-order valence-corrected chi connectivity index (χ4v) is 2.35. The van der Waals surface area contributed by atoms with Gasteiger partial charge in [-0.15, -0.1) is 0 Å². The SMILES string of the molecule is COCCCNC(=O)CN1CCCNc2ccccc21. The van der Waals surface area contributed by atoms with Crippen molar-refractivity contribution in [3.05, 3.63) is 24.3 Å². The molecule has 1 amide bonds. The summed E-state index contributed by atoms with van der Waals surface area (Å²) in [5, 5.41) is 6.33. The van der Waals surface area contributed by atoms with E-state index in [0.29, 0.717) is 19.7 Å². The summed E-state index contributed by atoms with van der Waals surface area (Å²) >= 11 is 0. The Labute approximate surface area is 120 Å². The van der Waals surface area contributed by atoms with Gasteiger partial charge in [-0.25, -0.2) is 0 Å². The van der Waals surface area contributed by atoms with E-state index in [0.717, 1.165) is 37.3 Å². The lowest BCUT2D eigenvalue weighted by Gasteiger charge is -2.23. The van der Waals surface area contributed by atoms with Crippen LogP contribution >= 0.6 is 0 Å². The fourth-order valence-electron chi connectivity index (χ4n) is 2.35. The Morgan fingerprint density at radius 2 is 2.30 bits per heavy atom. The summed E-state index contributed by atoms with van der Waals surface area (Å²) in [5.74, 6) is 0.0674. The van der Waals surface area contributed by atoms with E-state index in [-0.39, 0.29) is 5.91 Å². The summed E-state index contributed by atoms with van der Waals surface area (Å²) in [6.07, 6.45) is 1.88. The van der Waals surface area contributed by atoms with E-state index in [9.17, 15) is 4.79 Å². The normalized spacial score (nSPS) is 14.2. The first-order valence-electron chi connectivity index (χ1n) is 7.15. The number of ether oxygens (including phenoxy) is 1. The van der Waals surface area contributed by atoms with E-state index >= 15 is 0 Å². The molecule has 0 radical (unpaired) electrons. The number of anilines is 2. The lowest BCUT2D eigenvalue weighted by atomic mass is 10.2. The molecule has 2 rings (SSSR count). The smallest absolute Gasteiger partial charge is 0.239 e. The van der Waals surface area contributed by atoms with Crippen molar-refractivity contribution in [2.24, 2.45) is 0 Å². The van der Waals surface area contributed by atoms with Crippen molar-refractivity contribution in [3.63, 3.8) is 0 Å². The molecule has 0 aliphatic carbocycles. The molecule has 110 valence electrons. The topological polar surface area (TPSA) is 53.6 Å². The van der Waals surface area contributed by atoms with Crippen LogP contribution in [0.5, 0.6) is 0 Å². The summed E-state index contributed by atoms with van der Waals surface area (Å²) in [4.78, 5) is 14.1. The van der Waals surface area contributed by atoms with Gasteiger partial charge in [0, 0.05) is 33.4 Å². The number of nitrogens with one attached hydrogen (secondary N) is 2. The Morgan fingerprint density at radius 1 is 1.45 bits per heavy atom. The molecule has 2 N–H and O–H groups in total. The molecule has 20 heavy (non-hydrogen) atoms. The number of amides is 1. The van der Waals surface area contributed by atoms with Crippen LogP contribution in [0.15, 0.2) is 24.3 Å². The minimum Gasteiger partial charge on any atom is -0.385 e. The Kier molecular flexibility index (Phi) is 5.68. The van der Waals surface area contributed by atoms with Gasteiger partial charge in [-0.05, 0) is 25.0 Å². The van der Waals surface area contributed by atoms with Gasteiger partial charge >= 0.3 is 0 Å². The van der Waals surface area contributed by atoms with Crippen LogP contribution in [0.4, 0.5) is 11.4 Å². The largest absolute Gasteiger partial charge is 0.385 e. The third-order valence-electron chi connectivity index (χ3n) is 3.35. The first-order valence-corrected chi connectivity index (χ1v) is 7.15. The summed E-state index contributed by atoms with van der Waals surface area (Å²) in [5.41, 5.74) is 2.22. The molecular weight excluding hydrogens is 254 g/mol. The second-order valence-electron chi connectivity index (χ2n) is 4.92. The second-order valence-corrected chi connectivity index (χ2v) is 4.92. The summed E-state index contributed by atoms with van der Waals surface area (Å²) in [7, 11) is 1.67. The van der Waals surface area contributed by atoms with Crippen LogP contribution in [0.25, 0.3) is 0 Å². The second kappa shape index (κ2) is 7.75. The van der Waals surface area contributed by atoms with Crippen molar-refractivity contribution in [1.29, 1.82) is 0 Å². The van der Waals surface area contributed by atoms with Crippen LogP contribution in [0.3, 0.4) is 0 Å². The van der Waals surface area contributed by atoms with Gasteiger partial charge in [0.15, 0.2) is 0 Å². The van der Waals surface area contributed by atoms with Gasteiger partial charge in [0.1, 0.15) is 0 Å². The van der Waals surface area contributed by atoms with Crippen LogP contribution in [0.1, 0.15) is 12.8 Å². The third kappa shape index (κ3) is 4.13. The Bertz CT molecular complexity index is 437. The Hall–Kier alpha value is -1.75. The average molecular weight is 277 g/mol. The number of methoxy groups -OCH3 is 1. The molecule has 1 aromatic rings. The van der Waals surface area contributed by atoms with Crippen molar-refractivity contribution < 1.29 is 9.53 Å². The maximum absolute atomic E-state index is 12.0. The van der Waals surface area contributed by atoms with Crippen molar-refractivity contribution in [3.8, 4) is 0 Å². The van der Waals surface area contributed by atoms with Crippen molar-refractivity contribution in [1.82, 2.24) is 5.32 Å². The first kappa shape index (κ1) is 14.7. The molecule has 5 nitrogen and oxygen atoms in total. The number of benzene rings is 1. The average Bonchev–Trinajstić information content (AvgIpc) is 2.67. The van der Waals surface area contributed by atoms with E-state index in [4.69, 9.17) is 4.74 Å². The predicted molar refractivity (Wildman–Crippen MR) is 81.3 cm³/mol. The zero-order valence-corrected chi connectivity index (χ0v) is 12.0. The van der Waals surface area contributed by atoms with E-state index in [1.54, 1.807) is 7.11 Å². The molecule has 0 aromatic heterocycles. The van der Waals surface area contributed by atoms with Crippen LogP contribution in [-0.4, -0.2) is 45.8 Å². The van der Waals surface area contributed by atoms with Gasteiger partial charge in [0.25, 0.3) is 0 Å². The molecule has 0 unspecified atom stereocenters. The molecule has 5 heteroatoms. The zero-order chi connectivity index (χ0) is 14.2. The number of hydrogen-bond acceptors (Lipinski definition) is 4. The van der Waals surface area contributed by atoms with Crippen molar-refractivity contribution in [2.75, 3.05) is 50.1 Å². The van der Waals surface area contributed by atoms with Gasteiger partial charge in [0.05, 0.1) is 17.9 Å². The van der Waals surface area contributed by atoms with Crippen LogP contribution in [-0.2, 0) is 9.53 Å². The molecule has 1 aliphatic heterocycles. The number of hydrogen-bond donors (Lipinski definition) is 2. The zero-order valence-electron chi connectivity index (χ0n) is 12.0. The lowest BCUT2D eigenvalue weighted by Crippen LogP contribution is -2.38. The standard InChI is InChI=1S/C15H23N3O2/c1-20-11-5-9-17-15(19)12-18-10-4-8-16-13-6-2-3-7-14(13)18/h2-3,6-7,16H,4-5,8-12H2,1H3,(H,17,19). The molecule has 1 aromatic carbocycles. The predicted octanol–water partition coefficient (Wildman–Crippen LogP) is 1.46. The number of fused-ring (bicyclic) bond motifs is 1. The summed E-state index contributed by atoms with van der Waals surface area (Å²) < 4.78 is 4.97. The fraction of sp³-hybridized carbons (Fsp3) is 0.533. The molecule has 1 aliphatic rings. The number of carbonyl (C=O) groups excluding carboxylic acids is 1. The Morgan fingerprint density at radius 3 is 3.15 bits per heavy atom. The van der Waals surface area contributed by atoms with E-state index in [1.165, 1.54) is 0 Å². The summed E-state index contributed by atoms with van der Waals surface area (Å²) in [6.45, 7) is 3.60. The minimum absolute atomic E-state index is 0.0674. The highest BCUT2D eigenvalue weighted by molar-refractivity contribution is 5.83. The lowest BCUT2D eigenvalue weighted by molar-refractivity contribution is -0.119. The number of para-hydroxylation sites is 2. The third-order valence-corrected chi connectivity index (χ3v) is 3.35. The van der Waals surface area contributed by atoms with E-state index in [2.05, 4.69) is 27.7 Å². The molecule has 0 fully saturated rings. The molecule has 0 atom stereocenters. The van der Waals surface area contributed by atoms with Crippen LogP contribution < -0.4 is 15.5 Å². The molecule has 0 bridgehead atoms. The highest BCUT2D eigenvalue weighted by Gasteiger charge is 2.16. The van der Waals surface area contributed by atoms with Gasteiger partial charge in [-0.2, -0.15) is 0 Å². The molecular formula is C15H23N3O2. The van der Waals surface area contributed by atoms with Gasteiger partial charge in [0.2, 0.25) is 5.91 Å². The number of carbonyl (C=O) groups is 1. The highest BCUT2D eigenvalue weighted by Crippen LogP contribution is 2.27. The maximum atomic E-state index is 12.0. The number of nitrogens with zero attached hydrogens (tertiary/aromatic N) is 1. The van der Waals surface area contributed by atoms with Crippen molar-refractivity contribution in [2.45, 2.75) is 12.8 Å².